The van der Waals surface area contributed by atoms with Gasteiger partial charge in [-0.1, -0.05) is 0 Å². The summed E-state index contributed by atoms with van der Waals surface area (Å²) in [5.41, 5.74) is 1.49. The summed E-state index contributed by atoms with van der Waals surface area (Å²) in [5.74, 6) is 0.837. The van der Waals surface area contributed by atoms with Crippen LogP contribution in [0, 0.1) is 0 Å². The van der Waals surface area contributed by atoms with Crippen LogP contribution in [0.25, 0.3) is 0 Å². The van der Waals surface area contributed by atoms with Crippen molar-refractivity contribution < 1.29 is 17.9 Å². The van der Waals surface area contributed by atoms with E-state index in [0.29, 0.717) is 31.1 Å². The number of anilines is 2. The number of carbonyl (C=O) groups excluding carboxylic acids is 1. The molecule has 1 N–H and O–H groups in total. The molecule has 0 bridgehead atoms. The van der Waals surface area contributed by atoms with Crippen LogP contribution in [0.1, 0.15) is 13.8 Å². The van der Waals surface area contributed by atoms with E-state index in [4.69, 9.17) is 4.74 Å². The lowest BCUT2D eigenvalue weighted by Gasteiger charge is -2.30. The Morgan fingerprint density at radius 2 is 2.00 bits per heavy atom. The van der Waals surface area contributed by atoms with E-state index in [1.54, 1.807) is 12.1 Å². The fourth-order valence-electron chi connectivity index (χ4n) is 2.28. The third-order valence-corrected chi connectivity index (χ3v) is 4.87. The fraction of sp³-hybridized carbons (Fsp3) is 0.500. The van der Waals surface area contributed by atoms with Gasteiger partial charge in [-0.3, -0.25) is 4.79 Å². The zero-order chi connectivity index (χ0) is 15.5. The average molecular weight is 312 g/mol. The number of nitrogens with one attached hydrogen (secondary N) is 1. The zero-order valence-electron chi connectivity index (χ0n) is 12.3. The van der Waals surface area contributed by atoms with E-state index in [0.717, 1.165) is 5.69 Å². The van der Waals surface area contributed by atoms with Gasteiger partial charge in [-0.25, -0.2) is 8.42 Å². The third kappa shape index (κ3) is 4.10. The quantitative estimate of drug-likeness (QED) is 0.906. The number of hydrogen-bond acceptors (Lipinski definition) is 5. The molecule has 6 nitrogen and oxygen atoms in total. The molecule has 1 fully saturated rings. The Bertz CT molecular complexity index is 614. The first-order chi connectivity index (χ1) is 9.91. The van der Waals surface area contributed by atoms with E-state index in [2.05, 4.69) is 5.32 Å². The Morgan fingerprint density at radius 1 is 1.33 bits per heavy atom. The fourth-order valence-corrected chi connectivity index (χ4v) is 3.48. The van der Waals surface area contributed by atoms with Gasteiger partial charge in [0.25, 0.3) is 0 Å². The van der Waals surface area contributed by atoms with Gasteiger partial charge in [-0.15, -0.1) is 0 Å². The molecule has 0 aliphatic carbocycles. The van der Waals surface area contributed by atoms with Crippen molar-refractivity contribution >= 4 is 27.1 Å². The monoisotopic (exact) mass is 312 g/mol. The molecule has 21 heavy (non-hydrogen) atoms. The highest BCUT2D eigenvalue weighted by atomic mass is 32.2. The lowest BCUT2D eigenvalue weighted by molar-refractivity contribution is -0.114. The molecule has 1 heterocycles. The van der Waals surface area contributed by atoms with Crippen molar-refractivity contribution in [3.8, 4) is 5.75 Å². The van der Waals surface area contributed by atoms with Crippen LogP contribution in [-0.2, 0) is 14.6 Å². The van der Waals surface area contributed by atoms with E-state index in [1.165, 1.54) is 6.92 Å². The number of nitrogens with zero attached hydrogens (tertiary/aromatic N) is 1. The number of ether oxygens (including phenoxy) is 1. The van der Waals surface area contributed by atoms with Crippen LogP contribution in [0.5, 0.6) is 5.75 Å². The molecular weight excluding hydrogens is 292 g/mol. The predicted molar refractivity (Wildman–Crippen MR) is 82.8 cm³/mol. The van der Waals surface area contributed by atoms with E-state index in [9.17, 15) is 13.2 Å². The highest BCUT2D eigenvalue weighted by Gasteiger charge is 2.24. The Labute approximate surface area is 125 Å². The zero-order valence-corrected chi connectivity index (χ0v) is 13.1. The summed E-state index contributed by atoms with van der Waals surface area (Å²) in [4.78, 5) is 13.1. The summed E-state index contributed by atoms with van der Waals surface area (Å²) < 4.78 is 28.7. The lowest BCUT2D eigenvalue weighted by atomic mass is 10.2. The SMILES string of the molecule is CCOc1ccc(NC(C)=O)cc1N1CCS(=O)(=O)CC1. The van der Waals surface area contributed by atoms with Gasteiger partial charge < -0.3 is 15.0 Å². The van der Waals surface area contributed by atoms with Crippen LogP contribution < -0.4 is 15.0 Å². The summed E-state index contributed by atoms with van der Waals surface area (Å²) >= 11 is 0. The Balaban J connectivity index is 2.27. The van der Waals surface area contributed by atoms with Crippen molar-refractivity contribution in [2.24, 2.45) is 0 Å². The largest absolute Gasteiger partial charge is 0.492 e. The molecule has 1 saturated heterocycles. The lowest BCUT2D eigenvalue weighted by Crippen LogP contribution is -2.40. The number of benzene rings is 1. The van der Waals surface area contributed by atoms with Crippen molar-refractivity contribution in [3.63, 3.8) is 0 Å². The van der Waals surface area contributed by atoms with Crippen LogP contribution in [0.4, 0.5) is 11.4 Å². The molecule has 0 unspecified atom stereocenters. The normalized spacial score (nSPS) is 17.3. The first kappa shape index (κ1) is 15.6. The molecule has 1 aromatic carbocycles. The van der Waals surface area contributed by atoms with Gasteiger partial charge >= 0.3 is 0 Å². The standard InChI is InChI=1S/C14H20N2O4S/c1-3-20-14-5-4-12(15-11(2)17)10-13(14)16-6-8-21(18,19)9-7-16/h4-5,10H,3,6-9H2,1-2H3,(H,15,17). The van der Waals surface area contributed by atoms with Crippen molar-refractivity contribution in [3.05, 3.63) is 18.2 Å². The van der Waals surface area contributed by atoms with Gasteiger partial charge in [0.15, 0.2) is 9.84 Å². The number of hydrogen-bond donors (Lipinski definition) is 1. The topological polar surface area (TPSA) is 75.7 Å². The second-order valence-corrected chi connectivity index (χ2v) is 7.24. The maximum atomic E-state index is 11.5. The van der Waals surface area contributed by atoms with Crippen LogP contribution >= 0.6 is 0 Å². The van der Waals surface area contributed by atoms with Gasteiger partial charge in [0.1, 0.15) is 5.75 Å². The van der Waals surface area contributed by atoms with Crippen molar-refractivity contribution in [1.29, 1.82) is 0 Å². The van der Waals surface area contributed by atoms with Crippen LogP contribution in [0.2, 0.25) is 0 Å². The number of sulfone groups is 1. The minimum Gasteiger partial charge on any atom is -0.492 e. The van der Waals surface area contributed by atoms with Gasteiger partial charge in [0.2, 0.25) is 5.91 Å². The van der Waals surface area contributed by atoms with Crippen molar-refractivity contribution in [2.75, 3.05) is 41.4 Å². The molecule has 1 aliphatic rings. The molecule has 7 heteroatoms. The summed E-state index contributed by atoms with van der Waals surface area (Å²) in [6.45, 7) is 4.74. The van der Waals surface area contributed by atoms with Crippen LogP contribution in [-0.4, -0.2) is 45.5 Å². The molecule has 116 valence electrons. The highest BCUT2D eigenvalue weighted by molar-refractivity contribution is 7.91. The summed E-state index contributed by atoms with van der Waals surface area (Å²) in [6.07, 6.45) is 0. The Hall–Kier alpha value is -1.76. The smallest absolute Gasteiger partial charge is 0.221 e. The van der Waals surface area contributed by atoms with Crippen molar-refractivity contribution in [1.82, 2.24) is 0 Å². The second-order valence-electron chi connectivity index (χ2n) is 4.94. The molecule has 1 aromatic rings. The molecule has 1 amide bonds. The molecule has 0 atom stereocenters. The molecular formula is C14H20N2O4S. The third-order valence-electron chi connectivity index (χ3n) is 3.26. The Morgan fingerprint density at radius 3 is 2.57 bits per heavy atom. The average Bonchev–Trinajstić information content (AvgIpc) is 2.40. The first-order valence-corrected chi connectivity index (χ1v) is 8.73. The molecule has 0 saturated carbocycles. The highest BCUT2D eigenvalue weighted by Crippen LogP contribution is 2.32. The number of carbonyl (C=O) groups is 1. The predicted octanol–water partition coefficient (Wildman–Crippen LogP) is 1.28. The summed E-state index contributed by atoms with van der Waals surface area (Å²) in [6, 6.07) is 5.40. The molecule has 2 rings (SSSR count). The summed E-state index contributed by atoms with van der Waals surface area (Å²) in [7, 11) is -2.93. The minimum atomic E-state index is -2.93. The maximum absolute atomic E-state index is 11.5. The van der Waals surface area contributed by atoms with Crippen LogP contribution in [0.15, 0.2) is 18.2 Å². The van der Waals surface area contributed by atoms with E-state index in [-0.39, 0.29) is 17.4 Å². The first-order valence-electron chi connectivity index (χ1n) is 6.91. The van der Waals surface area contributed by atoms with Gasteiger partial charge in [0, 0.05) is 25.7 Å². The van der Waals surface area contributed by atoms with E-state index >= 15 is 0 Å². The van der Waals surface area contributed by atoms with Gasteiger partial charge in [-0.05, 0) is 25.1 Å². The minimum absolute atomic E-state index is 0.142. The van der Waals surface area contributed by atoms with Crippen molar-refractivity contribution in [2.45, 2.75) is 13.8 Å². The van der Waals surface area contributed by atoms with Crippen LogP contribution in [0.3, 0.4) is 0 Å². The van der Waals surface area contributed by atoms with Gasteiger partial charge in [0.05, 0.1) is 23.8 Å². The number of rotatable bonds is 4. The van der Waals surface area contributed by atoms with E-state index in [1.807, 2.05) is 17.9 Å². The number of amides is 1. The van der Waals surface area contributed by atoms with Gasteiger partial charge in [-0.2, -0.15) is 0 Å². The summed E-state index contributed by atoms with van der Waals surface area (Å²) in [5, 5.41) is 2.73. The molecule has 0 spiro atoms. The molecule has 0 aromatic heterocycles. The maximum Gasteiger partial charge on any atom is 0.221 e. The molecule has 0 radical (unpaired) electrons. The second kappa shape index (κ2) is 6.34. The molecule has 1 aliphatic heterocycles. The Kier molecular flexibility index (Phi) is 4.72. The van der Waals surface area contributed by atoms with E-state index < -0.39 is 9.84 Å².